The number of para-hydroxylation sites is 1. The number of rotatable bonds is 3. The number of aryl methyl sites for hydroxylation is 1. The normalized spacial score (nSPS) is 12.6. The second-order valence-corrected chi connectivity index (χ2v) is 4.03. The number of esters is 1. The van der Waals surface area contributed by atoms with Gasteiger partial charge in [0.15, 0.2) is 6.10 Å². The smallest absolute Gasteiger partial charge is 0.335 e. The Morgan fingerprint density at radius 2 is 2.18 bits per heavy atom. The van der Waals surface area contributed by atoms with E-state index in [0.29, 0.717) is 0 Å². The van der Waals surface area contributed by atoms with Crippen molar-refractivity contribution < 1.29 is 14.6 Å². The minimum absolute atomic E-state index is 0.272. The molecule has 4 heteroatoms. The minimum Gasteiger partial charge on any atom is -0.467 e. The molecule has 0 amide bonds. The molecule has 2 aromatic rings. The number of carbonyl (C=O) groups excluding carboxylic acids is 1. The third-order valence-electron chi connectivity index (χ3n) is 2.87. The summed E-state index contributed by atoms with van der Waals surface area (Å²) in [5, 5.41) is 10.7. The molecule has 0 aliphatic heterocycles. The van der Waals surface area contributed by atoms with Crippen LogP contribution in [0.4, 0.5) is 0 Å². The number of hydrogen-bond donors (Lipinski definition) is 1. The predicted molar refractivity (Wildman–Crippen MR) is 64.6 cm³/mol. The molecule has 0 aliphatic rings. The average molecular weight is 233 g/mol. The molecule has 0 radical (unpaired) electrons. The summed E-state index contributed by atoms with van der Waals surface area (Å²) in [5.74, 6) is -0.599. The molecule has 2 rings (SSSR count). The lowest BCUT2D eigenvalue weighted by atomic mass is 10.1. The number of ether oxygens (including phenoxy) is 1. The van der Waals surface area contributed by atoms with Crippen LogP contribution in [0.1, 0.15) is 5.56 Å². The van der Waals surface area contributed by atoms with Crippen LogP contribution in [0, 0.1) is 0 Å². The molecule has 1 N–H and O–H groups in total. The summed E-state index contributed by atoms with van der Waals surface area (Å²) in [5.41, 5.74) is 2.03. The number of aliphatic hydroxyl groups excluding tert-OH is 1. The van der Waals surface area contributed by atoms with Crippen LogP contribution in [0.5, 0.6) is 0 Å². The fourth-order valence-electron chi connectivity index (χ4n) is 2.02. The maximum atomic E-state index is 11.2. The highest BCUT2D eigenvalue weighted by molar-refractivity contribution is 5.85. The topological polar surface area (TPSA) is 51.5 Å². The maximum Gasteiger partial charge on any atom is 0.335 e. The molecule has 17 heavy (non-hydrogen) atoms. The zero-order valence-corrected chi connectivity index (χ0v) is 9.88. The number of carbonyl (C=O) groups is 1. The summed E-state index contributed by atoms with van der Waals surface area (Å²) in [6, 6.07) is 7.89. The molecular formula is C13H15NO3. The van der Waals surface area contributed by atoms with Crippen LogP contribution in [0.15, 0.2) is 30.5 Å². The van der Waals surface area contributed by atoms with Gasteiger partial charge in [0.1, 0.15) is 0 Å². The third-order valence-corrected chi connectivity index (χ3v) is 2.87. The zero-order valence-electron chi connectivity index (χ0n) is 9.88. The summed E-state index contributed by atoms with van der Waals surface area (Å²) in [7, 11) is 3.21. The maximum absolute atomic E-state index is 11.2. The number of methoxy groups -OCH3 is 1. The molecule has 0 bridgehead atoms. The molecule has 1 aromatic carbocycles. The minimum atomic E-state index is -1.11. The van der Waals surface area contributed by atoms with Gasteiger partial charge in [-0.15, -0.1) is 0 Å². The van der Waals surface area contributed by atoms with Crippen molar-refractivity contribution in [3.8, 4) is 0 Å². The molecule has 1 aromatic heterocycles. The van der Waals surface area contributed by atoms with Gasteiger partial charge in [-0.2, -0.15) is 0 Å². The Morgan fingerprint density at radius 1 is 1.47 bits per heavy atom. The molecule has 0 saturated heterocycles. The molecule has 0 aliphatic carbocycles. The number of benzene rings is 1. The Morgan fingerprint density at radius 3 is 2.88 bits per heavy atom. The van der Waals surface area contributed by atoms with Gasteiger partial charge >= 0.3 is 5.97 Å². The predicted octanol–water partition coefficient (Wildman–Crippen LogP) is 1.25. The van der Waals surface area contributed by atoms with E-state index < -0.39 is 12.1 Å². The van der Waals surface area contributed by atoms with Gasteiger partial charge < -0.3 is 14.4 Å². The van der Waals surface area contributed by atoms with Gasteiger partial charge in [0, 0.05) is 30.6 Å². The number of fused-ring (bicyclic) bond motifs is 1. The molecule has 4 nitrogen and oxygen atoms in total. The monoisotopic (exact) mass is 233 g/mol. The number of aliphatic hydroxyl groups is 1. The first-order chi connectivity index (χ1) is 8.13. The van der Waals surface area contributed by atoms with Crippen molar-refractivity contribution in [1.29, 1.82) is 0 Å². The summed E-state index contributed by atoms with van der Waals surface area (Å²) >= 11 is 0. The van der Waals surface area contributed by atoms with Gasteiger partial charge in [0.2, 0.25) is 0 Å². The first kappa shape index (κ1) is 11.7. The van der Waals surface area contributed by atoms with Gasteiger partial charge in [-0.3, -0.25) is 0 Å². The van der Waals surface area contributed by atoms with Crippen molar-refractivity contribution in [3.05, 3.63) is 36.0 Å². The SMILES string of the molecule is COC(=O)C(O)Cc1cn(C)c2ccccc12. The molecule has 90 valence electrons. The molecule has 0 fully saturated rings. The van der Waals surface area contributed by atoms with Gasteiger partial charge in [-0.05, 0) is 11.6 Å². The van der Waals surface area contributed by atoms with Crippen LogP contribution in [-0.2, 0) is 23.0 Å². The lowest BCUT2D eigenvalue weighted by molar-refractivity contribution is -0.150. The van der Waals surface area contributed by atoms with Crippen molar-refractivity contribution in [1.82, 2.24) is 4.57 Å². The highest BCUT2D eigenvalue weighted by Crippen LogP contribution is 2.21. The standard InChI is InChI=1S/C13H15NO3/c1-14-8-9(7-12(15)13(16)17-2)10-5-3-4-6-11(10)14/h3-6,8,12,15H,7H2,1-2H3. The quantitative estimate of drug-likeness (QED) is 0.812. The largest absolute Gasteiger partial charge is 0.467 e. The average Bonchev–Trinajstić information content (AvgIpc) is 2.66. The Bertz CT molecular complexity index is 545. The second kappa shape index (κ2) is 4.59. The fraction of sp³-hybridized carbons (Fsp3) is 0.308. The van der Waals surface area contributed by atoms with Gasteiger partial charge in [0.25, 0.3) is 0 Å². The van der Waals surface area contributed by atoms with E-state index in [-0.39, 0.29) is 6.42 Å². The van der Waals surface area contributed by atoms with Gasteiger partial charge in [-0.25, -0.2) is 4.79 Å². The van der Waals surface area contributed by atoms with Crippen molar-refractivity contribution in [3.63, 3.8) is 0 Å². The van der Waals surface area contributed by atoms with Crippen LogP contribution >= 0.6 is 0 Å². The zero-order chi connectivity index (χ0) is 12.4. The van der Waals surface area contributed by atoms with Crippen LogP contribution in [-0.4, -0.2) is 28.9 Å². The van der Waals surface area contributed by atoms with Crippen molar-refractivity contribution in [2.45, 2.75) is 12.5 Å². The molecule has 1 heterocycles. The lowest BCUT2D eigenvalue weighted by Crippen LogP contribution is -2.23. The van der Waals surface area contributed by atoms with E-state index in [1.807, 2.05) is 42.1 Å². The number of hydrogen-bond acceptors (Lipinski definition) is 3. The fourth-order valence-corrected chi connectivity index (χ4v) is 2.02. The van der Waals surface area contributed by atoms with Crippen LogP contribution in [0.2, 0.25) is 0 Å². The summed E-state index contributed by atoms with van der Waals surface area (Å²) < 4.78 is 6.49. The number of nitrogens with zero attached hydrogens (tertiary/aromatic N) is 1. The van der Waals surface area contributed by atoms with E-state index in [9.17, 15) is 9.90 Å². The first-order valence-corrected chi connectivity index (χ1v) is 5.42. The van der Waals surface area contributed by atoms with E-state index in [2.05, 4.69) is 4.74 Å². The second-order valence-electron chi connectivity index (χ2n) is 4.03. The van der Waals surface area contributed by atoms with Crippen LogP contribution in [0.3, 0.4) is 0 Å². The van der Waals surface area contributed by atoms with E-state index in [1.54, 1.807) is 0 Å². The van der Waals surface area contributed by atoms with E-state index in [0.717, 1.165) is 16.5 Å². The van der Waals surface area contributed by atoms with E-state index in [1.165, 1.54) is 7.11 Å². The Hall–Kier alpha value is -1.81. The summed E-state index contributed by atoms with van der Waals surface area (Å²) in [6.45, 7) is 0. The Labute approximate surface area is 99.4 Å². The van der Waals surface area contributed by atoms with Crippen molar-refractivity contribution in [2.24, 2.45) is 7.05 Å². The highest BCUT2D eigenvalue weighted by Gasteiger charge is 2.18. The molecule has 1 unspecified atom stereocenters. The third kappa shape index (κ3) is 2.17. The highest BCUT2D eigenvalue weighted by atomic mass is 16.5. The Kier molecular flexibility index (Phi) is 3.15. The molecule has 0 saturated carbocycles. The van der Waals surface area contributed by atoms with Crippen LogP contribution in [0.25, 0.3) is 10.9 Å². The number of aromatic nitrogens is 1. The Balaban J connectivity index is 2.33. The van der Waals surface area contributed by atoms with Gasteiger partial charge in [0.05, 0.1) is 7.11 Å². The summed E-state index contributed by atoms with van der Waals surface area (Å²) in [6.07, 6.45) is 1.09. The molecular weight excluding hydrogens is 218 g/mol. The van der Waals surface area contributed by atoms with Crippen molar-refractivity contribution in [2.75, 3.05) is 7.11 Å². The lowest BCUT2D eigenvalue weighted by Gasteiger charge is -2.06. The first-order valence-electron chi connectivity index (χ1n) is 5.42. The molecule has 1 atom stereocenters. The molecule has 0 spiro atoms. The van der Waals surface area contributed by atoms with Crippen LogP contribution < -0.4 is 0 Å². The van der Waals surface area contributed by atoms with E-state index >= 15 is 0 Å². The van der Waals surface area contributed by atoms with E-state index in [4.69, 9.17) is 0 Å². The summed E-state index contributed by atoms with van der Waals surface area (Å²) in [4.78, 5) is 11.2. The van der Waals surface area contributed by atoms with Gasteiger partial charge in [-0.1, -0.05) is 18.2 Å². The van der Waals surface area contributed by atoms with Crippen molar-refractivity contribution >= 4 is 16.9 Å².